The van der Waals surface area contributed by atoms with Gasteiger partial charge in [-0.3, -0.25) is 4.90 Å². The molecule has 0 saturated carbocycles. The average molecular weight is 238 g/mol. The first-order valence-corrected chi connectivity index (χ1v) is 7.09. The minimum Gasteiger partial charge on any atom is -0.310 e. The smallest absolute Gasteiger partial charge is 0.0328 e. The van der Waals surface area contributed by atoms with E-state index < -0.39 is 0 Å². The fraction of sp³-hybridized carbons (Fsp3) is 0.692. The second-order valence-electron chi connectivity index (χ2n) is 4.98. The van der Waals surface area contributed by atoms with Gasteiger partial charge in [0.15, 0.2) is 0 Å². The molecule has 0 amide bonds. The van der Waals surface area contributed by atoms with Gasteiger partial charge < -0.3 is 5.32 Å². The number of nitrogens with zero attached hydrogens (tertiary/aromatic N) is 1. The minimum absolute atomic E-state index is 0.299. The molecule has 1 aliphatic rings. The molecule has 0 spiro atoms. The van der Waals surface area contributed by atoms with Crippen LogP contribution in [-0.4, -0.2) is 30.1 Å². The lowest BCUT2D eigenvalue weighted by Gasteiger charge is -2.32. The zero-order chi connectivity index (χ0) is 11.4. The predicted octanol–water partition coefficient (Wildman–Crippen LogP) is 2.71. The predicted molar refractivity (Wildman–Crippen MR) is 70.9 cm³/mol. The third kappa shape index (κ3) is 3.06. The molecule has 0 aliphatic carbocycles. The number of hydrogen-bond acceptors (Lipinski definition) is 3. The number of rotatable bonds is 3. The maximum atomic E-state index is 3.68. The van der Waals surface area contributed by atoms with E-state index >= 15 is 0 Å². The van der Waals surface area contributed by atoms with Crippen LogP contribution in [0.1, 0.15) is 31.6 Å². The van der Waals surface area contributed by atoms with Crippen LogP contribution < -0.4 is 5.32 Å². The lowest BCUT2D eigenvalue weighted by Crippen LogP contribution is -2.48. The van der Waals surface area contributed by atoms with Crippen LogP contribution in [0.5, 0.6) is 0 Å². The molecule has 0 bridgehead atoms. The second-order valence-corrected chi connectivity index (χ2v) is 6.02. The average Bonchev–Trinajstić information content (AvgIpc) is 2.69. The van der Waals surface area contributed by atoms with E-state index in [-0.39, 0.29) is 0 Å². The SMILES string of the molecule is CCC1(C)CN(Cc2cccs2)CCCN1. The summed E-state index contributed by atoms with van der Waals surface area (Å²) in [6.07, 6.45) is 2.47. The van der Waals surface area contributed by atoms with Gasteiger partial charge in [0.05, 0.1) is 0 Å². The summed E-state index contributed by atoms with van der Waals surface area (Å²) in [6.45, 7) is 9.30. The van der Waals surface area contributed by atoms with Crippen LogP contribution in [0, 0.1) is 0 Å². The van der Waals surface area contributed by atoms with Crippen LogP contribution in [0.4, 0.5) is 0 Å². The van der Waals surface area contributed by atoms with Gasteiger partial charge in [0.25, 0.3) is 0 Å². The van der Waals surface area contributed by atoms with E-state index in [1.165, 1.54) is 30.8 Å². The Morgan fingerprint density at radius 2 is 2.44 bits per heavy atom. The summed E-state index contributed by atoms with van der Waals surface area (Å²) in [4.78, 5) is 4.08. The molecule has 1 N–H and O–H groups in total. The van der Waals surface area contributed by atoms with Crippen molar-refractivity contribution < 1.29 is 0 Å². The lowest BCUT2D eigenvalue weighted by molar-refractivity contribution is 0.210. The molecule has 3 heteroatoms. The molecule has 2 nitrogen and oxygen atoms in total. The third-order valence-corrected chi connectivity index (χ3v) is 4.38. The van der Waals surface area contributed by atoms with E-state index in [4.69, 9.17) is 0 Å². The van der Waals surface area contributed by atoms with Crippen molar-refractivity contribution in [2.75, 3.05) is 19.6 Å². The molecule has 1 saturated heterocycles. The summed E-state index contributed by atoms with van der Waals surface area (Å²) in [6, 6.07) is 4.39. The number of hydrogen-bond donors (Lipinski definition) is 1. The van der Waals surface area contributed by atoms with Gasteiger partial charge in [0.1, 0.15) is 0 Å². The quantitative estimate of drug-likeness (QED) is 0.871. The van der Waals surface area contributed by atoms with Crippen molar-refractivity contribution in [2.45, 2.75) is 38.8 Å². The van der Waals surface area contributed by atoms with Gasteiger partial charge in [-0.15, -0.1) is 11.3 Å². The minimum atomic E-state index is 0.299. The summed E-state index contributed by atoms with van der Waals surface area (Å²) in [5.41, 5.74) is 0.299. The second kappa shape index (κ2) is 5.30. The summed E-state index contributed by atoms with van der Waals surface area (Å²) < 4.78 is 0. The molecule has 1 aliphatic heterocycles. The Labute approximate surface area is 103 Å². The van der Waals surface area contributed by atoms with Crippen LogP contribution in [0.25, 0.3) is 0 Å². The van der Waals surface area contributed by atoms with E-state index in [0.717, 1.165) is 13.1 Å². The van der Waals surface area contributed by atoms with Gasteiger partial charge in [-0.05, 0) is 44.3 Å². The Hall–Kier alpha value is -0.380. The Balaban J connectivity index is 1.98. The molecular formula is C13H22N2S. The molecule has 1 fully saturated rings. The van der Waals surface area contributed by atoms with Gasteiger partial charge in [0, 0.05) is 23.5 Å². The normalized spacial score (nSPS) is 27.9. The fourth-order valence-corrected chi connectivity index (χ4v) is 3.06. The molecule has 16 heavy (non-hydrogen) atoms. The first-order valence-electron chi connectivity index (χ1n) is 6.22. The van der Waals surface area contributed by atoms with Crippen molar-refractivity contribution in [3.63, 3.8) is 0 Å². The highest BCUT2D eigenvalue weighted by Crippen LogP contribution is 2.19. The van der Waals surface area contributed by atoms with Crippen molar-refractivity contribution in [1.82, 2.24) is 10.2 Å². The van der Waals surface area contributed by atoms with Crippen LogP contribution >= 0.6 is 11.3 Å². The Morgan fingerprint density at radius 1 is 1.56 bits per heavy atom. The molecule has 90 valence electrons. The highest BCUT2D eigenvalue weighted by molar-refractivity contribution is 7.09. The Bertz CT molecular complexity index is 310. The van der Waals surface area contributed by atoms with Crippen LogP contribution in [-0.2, 0) is 6.54 Å². The zero-order valence-corrected chi connectivity index (χ0v) is 11.1. The lowest BCUT2D eigenvalue weighted by atomic mass is 9.98. The van der Waals surface area contributed by atoms with Crippen molar-refractivity contribution in [3.8, 4) is 0 Å². The molecule has 0 aromatic carbocycles. The topological polar surface area (TPSA) is 15.3 Å². The Morgan fingerprint density at radius 3 is 3.12 bits per heavy atom. The first kappa shape index (κ1) is 12.1. The van der Waals surface area contributed by atoms with Crippen molar-refractivity contribution >= 4 is 11.3 Å². The van der Waals surface area contributed by atoms with E-state index in [9.17, 15) is 0 Å². The van der Waals surface area contributed by atoms with Gasteiger partial charge in [-0.1, -0.05) is 13.0 Å². The summed E-state index contributed by atoms with van der Waals surface area (Å²) >= 11 is 1.87. The van der Waals surface area contributed by atoms with Crippen molar-refractivity contribution in [1.29, 1.82) is 0 Å². The van der Waals surface area contributed by atoms with Gasteiger partial charge in [-0.25, -0.2) is 0 Å². The highest BCUT2D eigenvalue weighted by Gasteiger charge is 2.26. The van der Waals surface area contributed by atoms with Crippen LogP contribution in [0.3, 0.4) is 0 Å². The van der Waals surface area contributed by atoms with E-state index in [1.807, 2.05) is 11.3 Å². The summed E-state index contributed by atoms with van der Waals surface area (Å²) in [5, 5.41) is 5.85. The molecule has 1 aromatic rings. The van der Waals surface area contributed by atoms with Crippen molar-refractivity contribution in [3.05, 3.63) is 22.4 Å². The van der Waals surface area contributed by atoms with Crippen molar-refractivity contribution in [2.24, 2.45) is 0 Å². The van der Waals surface area contributed by atoms with E-state index in [1.54, 1.807) is 0 Å². The molecule has 2 heterocycles. The molecular weight excluding hydrogens is 216 g/mol. The van der Waals surface area contributed by atoms with Crippen LogP contribution in [0.15, 0.2) is 17.5 Å². The number of nitrogens with one attached hydrogen (secondary N) is 1. The first-order chi connectivity index (χ1) is 7.72. The standard InChI is InChI=1S/C13H22N2S/c1-3-13(2)11-15(8-5-7-14-13)10-12-6-4-9-16-12/h4,6,9,14H,3,5,7-8,10-11H2,1-2H3. The largest absolute Gasteiger partial charge is 0.310 e. The Kier molecular flexibility index (Phi) is 4.00. The van der Waals surface area contributed by atoms with Gasteiger partial charge >= 0.3 is 0 Å². The monoisotopic (exact) mass is 238 g/mol. The van der Waals surface area contributed by atoms with Gasteiger partial charge in [-0.2, -0.15) is 0 Å². The van der Waals surface area contributed by atoms with E-state index in [0.29, 0.717) is 5.54 Å². The maximum absolute atomic E-state index is 3.68. The zero-order valence-electron chi connectivity index (χ0n) is 10.3. The van der Waals surface area contributed by atoms with Gasteiger partial charge in [0.2, 0.25) is 0 Å². The molecule has 2 rings (SSSR count). The van der Waals surface area contributed by atoms with Crippen LogP contribution in [0.2, 0.25) is 0 Å². The third-order valence-electron chi connectivity index (χ3n) is 3.52. The molecule has 1 aromatic heterocycles. The number of thiophene rings is 1. The molecule has 0 radical (unpaired) electrons. The maximum Gasteiger partial charge on any atom is 0.0328 e. The highest BCUT2D eigenvalue weighted by atomic mass is 32.1. The molecule has 1 atom stereocenters. The summed E-state index contributed by atoms with van der Waals surface area (Å²) in [7, 11) is 0. The van der Waals surface area contributed by atoms with E-state index in [2.05, 4.69) is 41.6 Å². The summed E-state index contributed by atoms with van der Waals surface area (Å²) in [5.74, 6) is 0. The fourth-order valence-electron chi connectivity index (χ4n) is 2.32. The molecule has 1 unspecified atom stereocenters.